The van der Waals surface area contributed by atoms with Crippen molar-refractivity contribution < 1.29 is 47.1 Å². The maximum absolute atomic E-state index is 15.5. The van der Waals surface area contributed by atoms with Crippen molar-refractivity contribution in [1.82, 2.24) is 0 Å². The summed E-state index contributed by atoms with van der Waals surface area (Å²) in [6.45, 7) is 8.15. The third kappa shape index (κ3) is 10.9. The average Bonchev–Trinajstić information content (AvgIpc) is 3.15. The number of hydrogen-bond acceptors (Lipinski definition) is 6. The Kier molecular flexibility index (Phi) is 15.6. The lowest BCUT2D eigenvalue weighted by molar-refractivity contribution is -0.143. The van der Waals surface area contributed by atoms with E-state index in [1.165, 1.54) is 24.3 Å². The summed E-state index contributed by atoms with van der Waals surface area (Å²) < 4.78 is 71.4. The lowest BCUT2D eigenvalue weighted by atomic mass is 9.76. The zero-order valence-electron chi connectivity index (χ0n) is 29.8. The normalized spacial score (nSPS) is 17.1. The molecule has 0 radical (unpaired) electrons. The van der Waals surface area contributed by atoms with Crippen LogP contribution in [0.2, 0.25) is 0 Å². The SMILES string of the molecule is C=C(CO)C(=O)OCC(CCC1CCC(c2ccc(-c3ccc(-c4ccc(CCCCC)c(F)c4F)cc3F)cc2F)CC1)COC(O)C(=C)CO. The van der Waals surface area contributed by atoms with Gasteiger partial charge in [0.25, 0.3) is 0 Å². The van der Waals surface area contributed by atoms with Crippen LogP contribution in [0.25, 0.3) is 22.3 Å². The monoisotopic (exact) mass is 726 g/mol. The van der Waals surface area contributed by atoms with Gasteiger partial charge in [-0.25, -0.2) is 22.4 Å². The van der Waals surface area contributed by atoms with Gasteiger partial charge >= 0.3 is 5.97 Å². The van der Waals surface area contributed by atoms with Gasteiger partial charge in [0, 0.05) is 22.6 Å². The number of ether oxygens (including phenoxy) is 2. The summed E-state index contributed by atoms with van der Waals surface area (Å²) in [5, 5.41) is 28.4. The Hall–Kier alpha value is -3.83. The third-order valence-corrected chi connectivity index (χ3v) is 10.0. The summed E-state index contributed by atoms with van der Waals surface area (Å²) in [5.74, 6) is -3.67. The molecule has 52 heavy (non-hydrogen) atoms. The number of halogens is 4. The molecular weight excluding hydrogens is 676 g/mol. The van der Waals surface area contributed by atoms with Gasteiger partial charge in [-0.3, -0.25) is 0 Å². The quantitative estimate of drug-likeness (QED) is 0.0285. The molecule has 0 amide bonds. The molecule has 282 valence electrons. The van der Waals surface area contributed by atoms with Crippen molar-refractivity contribution in [2.24, 2.45) is 11.8 Å². The highest BCUT2D eigenvalue weighted by Crippen LogP contribution is 2.40. The highest BCUT2D eigenvalue weighted by atomic mass is 19.2. The minimum Gasteiger partial charge on any atom is -0.462 e. The second kappa shape index (κ2) is 19.9. The van der Waals surface area contributed by atoms with Gasteiger partial charge in [0.2, 0.25) is 0 Å². The first-order valence-corrected chi connectivity index (χ1v) is 18.1. The molecule has 0 saturated heterocycles. The van der Waals surface area contributed by atoms with Gasteiger partial charge in [0.15, 0.2) is 17.9 Å². The van der Waals surface area contributed by atoms with E-state index in [1.807, 2.05) is 6.92 Å². The number of rotatable bonds is 19. The molecule has 0 aliphatic heterocycles. The van der Waals surface area contributed by atoms with E-state index in [-0.39, 0.29) is 52.9 Å². The largest absolute Gasteiger partial charge is 0.462 e. The summed E-state index contributed by atoms with van der Waals surface area (Å²) in [5.41, 5.74) is 1.58. The molecule has 1 fully saturated rings. The van der Waals surface area contributed by atoms with Crippen LogP contribution < -0.4 is 0 Å². The highest BCUT2D eigenvalue weighted by Gasteiger charge is 2.26. The smallest absolute Gasteiger partial charge is 0.335 e. The molecule has 0 spiro atoms. The number of hydrogen-bond donors (Lipinski definition) is 3. The number of carbonyl (C=O) groups is 1. The second-order valence-corrected chi connectivity index (χ2v) is 13.8. The molecular formula is C42H50F4O6. The summed E-state index contributed by atoms with van der Waals surface area (Å²) in [7, 11) is 0. The number of benzene rings is 3. The van der Waals surface area contributed by atoms with Crippen molar-refractivity contribution in [1.29, 1.82) is 0 Å². The van der Waals surface area contributed by atoms with Gasteiger partial charge in [-0.05, 0) is 97.6 Å². The molecule has 3 N–H and O–H groups in total. The molecule has 3 aromatic carbocycles. The van der Waals surface area contributed by atoms with Gasteiger partial charge in [-0.15, -0.1) is 0 Å². The van der Waals surface area contributed by atoms with E-state index in [2.05, 4.69) is 13.2 Å². The average molecular weight is 727 g/mol. The Bertz CT molecular complexity index is 1680. The Morgan fingerprint density at radius 1 is 0.846 bits per heavy atom. The molecule has 2 atom stereocenters. The van der Waals surface area contributed by atoms with Crippen LogP contribution in [0, 0.1) is 35.1 Å². The van der Waals surface area contributed by atoms with Crippen LogP contribution in [0.15, 0.2) is 72.8 Å². The lowest BCUT2D eigenvalue weighted by Crippen LogP contribution is -2.26. The topological polar surface area (TPSA) is 96.2 Å². The highest BCUT2D eigenvalue weighted by molar-refractivity contribution is 5.87. The van der Waals surface area contributed by atoms with E-state index < -0.39 is 48.7 Å². The zero-order chi connectivity index (χ0) is 37.8. The first kappa shape index (κ1) is 40.9. The molecule has 3 aromatic rings. The molecule has 10 heteroatoms. The predicted octanol–water partition coefficient (Wildman–Crippen LogP) is 8.96. The number of carbonyl (C=O) groups excluding carboxylic acids is 1. The molecule has 4 rings (SSSR count). The van der Waals surface area contributed by atoms with Crippen LogP contribution in [-0.4, -0.2) is 54.0 Å². The minimum absolute atomic E-state index is 0.00583. The van der Waals surface area contributed by atoms with E-state index in [0.717, 1.165) is 57.4 Å². The van der Waals surface area contributed by atoms with Crippen molar-refractivity contribution in [2.75, 3.05) is 26.4 Å². The summed E-state index contributed by atoms with van der Waals surface area (Å²) in [6.07, 6.45) is 6.32. The lowest BCUT2D eigenvalue weighted by Gasteiger charge is -2.30. The molecule has 0 aromatic heterocycles. The van der Waals surface area contributed by atoms with Crippen molar-refractivity contribution in [3.05, 3.63) is 107 Å². The number of esters is 1. The van der Waals surface area contributed by atoms with Crippen molar-refractivity contribution in [2.45, 2.75) is 83.3 Å². The Balaban J connectivity index is 1.35. The fourth-order valence-electron chi connectivity index (χ4n) is 6.75. The van der Waals surface area contributed by atoms with Crippen LogP contribution in [0.3, 0.4) is 0 Å². The molecule has 0 heterocycles. The maximum atomic E-state index is 15.5. The van der Waals surface area contributed by atoms with E-state index in [1.54, 1.807) is 18.2 Å². The first-order chi connectivity index (χ1) is 25.0. The molecule has 6 nitrogen and oxygen atoms in total. The minimum atomic E-state index is -1.36. The molecule has 1 saturated carbocycles. The second-order valence-electron chi connectivity index (χ2n) is 13.8. The Labute approximate surface area is 303 Å². The van der Waals surface area contributed by atoms with Crippen molar-refractivity contribution >= 4 is 5.97 Å². The van der Waals surface area contributed by atoms with Gasteiger partial charge in [0.1, 0.15) is 11.6 Å². The van der Waals surface area contributed by atoms with E-state index >= 15 is 8.78 Å². The third-order valence-electron chi connectivity index (χ3n) is 10.0. The predicted molar refractivity (Wildman–Crippen MR) is 193 cm³/mol. The van der Waals surface area contributed by atoms with Gasteiger partial charge < -0.3 is 24.8 Å². The van der Waals surface area contributed by atoms with Crippen LogP contribution in [-0.2, 0) is 20.7 Å². The van der Waals surface area contributed by atoms with Gasteiger partial charge in [-0.2, -0.15) is 0 Å². The number of aliphatic hydroxyl groups is 3. The van der Waals surface area contributed by atoms with E-state index in [9.17, 15) is 23.8 Å². The summed E-state index contributed by atoms with van der Waals surface area (Å²) >= 11 is 0. The van der Waals surface area contributed by atoms with Crippen LogP contribution in [0.5, 0.6) is 0 Å². The van der Waals surface area contributed by atoms with Crippen LogP contribution in [0.4, 0.5) is 17.6 Å². The van der Waals surface area contributed by atoms with Gasteiger partial charge in [-0.1, -0.05) is 69.3 Å². The van der Waals surface area contributed by atoms with Crippen molar-refractivity contribution in [3.63, 3.8) is 0 Å². The standard InChI is InChI=1S/C42H50F4O6/c1-4-5-6-7-31-14-19-36(40(46)39(31)45)33-16-18-35(38(44)21-33)32-15-17-34(37(43)20-32)30-12-10-28(11-13-30)8-9-29(24-51-41(49)26(2)22-47)25-52-42(50)27(3)23-48/h14-21,28-30,41,47-49H,2-13,22-25H2,1H3. The van der Waals surface area contributed by atoms with Gasteiger partial charge in [0.05, 0.1) is 32.0 Å². The zero-order valence-corrected chi connectivity index (χ0v) is 29.8. The van der Waals surface area contributed by atoms with Crippen molar-refractivity contribution in [3.8, 4) is 22.3 Å². The number of aliphatic hydroxyl groups excluding tert-OH is 3. The number of unbranched alkanes of at least 4 members (excludes halogenated alkanes) is 2. The molecule has 1 aliphatic rings. The van der Waals surface area contributed by atoms with Crippen LogP contribution >= 0.6 is 0 Å². The van der Waals surface area contributed by atoms with Crippen LogP contribution in [0.1, 0.15) is 81.8 Å². The molecule has 1 aliphatic carbocycles. The van der Waals surface area contributed by atoms with E-state index in [4.69, 9.17) is 14.6 Å². The summed E-state index contributed by atoms with van der Waals surface area (Å²) in [4.78, 5) is 12.0. The van der Waals surface area contributed by atoms with E-state index in [0.29, 0.717) is 35.4 Å². The molecule has 0 bridgehead atoms. The summed E-state index contributed by atoms with van der Waals surface area (Å²) in [6, 6.07) is 11.9. The fraction of sp³-hybridized carbons (Fsp3) is 0.452. The first-order valence-electron chi connectivity index (χ1n) is 18.1. The maximum Gasteiger partial charge on any atom is 0.335 e. The Morgan fingerprint density at radius 3 is 2.17 bits per heavy atom. The Morgan fingerprint density at radius 2 is 1.52 bits per heavy atom. The number of aryl methyl sites for hydroxylation is 1. The molecule has 2 unspecified atom stereocenters. The fourth-order valence-corrected chi connectivity index (χ4v) is 6.75.